The van der Waals surface area contributed by atoms with Gasteiger partial charge in [-0.05, 0) is 68.7 Å². The van der Waals surface area contributed by atoms with Gasteiger partial charge in [-0.15, -0.1) is 0 Å². The van der Waals surface area contributed by atoms with Crippen LogP contribution in [0.1, 0.15) is 75.2 Å². The number of rotatable bonds is 11. The van der Waals surface area contributed by atoms with Crippen LogP contribution in [0.2, 0.25) is 0 Å². The second-order valence-corrected chi connectivity index (χ2v) is 11.3. The maximum Gasteiger partial charge on any atom is 0.408 e. The Morgan fingerprint density at radius 1 is 0.703 bits per heavy atom. The molecule has 0 fully saturated rings. The molecule has 0 aromatic heterocycles. The number of ether oxygens (including phenoxy) is 3. The first-order valence-electron chi connectivity index (χ1n) is 12.1. The summed E-state index contributed by atoms with van der Waals surface area (Å²) < 4.78 is 15.4. The van der Waals surface area contributed by atoms with Gasteiger partial charge in [0.2, 0.25) is 5.91 Å². The van der Waals surface area contributed by atoms with Gasteiger partial charge in [0, 0.05) is 26.2 Å². The fraction of sp³-hybridized carbons (Fsp3) is 0.792. The topological polar surface area (TPSA) is 173 Å². The number of carboxylic acids is 1. The third-order valence-corrected chi connectivity index (χ3v) is 4.04. The van der Waals surface area contributed by atoms with E-state index in [-0.39, 0.29) is 26.2 Å². The van der Waals surface area contributed by atoms with Crippen molar-refractivity contribution >= 4 is 30.2 Å². The molecule has 4 amide bonds. The Hall–Kier alpha value is -3.25. The average Bonchev–Trinajstić information content (AvgIpc) is 2.64. The van der Waals surface area contributed by atoms with E-state index in [0.29, 0.717) is 6.42 Å². The average molecular weight is 533 g/mol. The van der Waals surface area contributed by atoms with Gasteiger partial charge >= 0.3 is 24.2 Å². The predicted molar refractivity (Wildman–Crippen MR) is 135 cm³/mol. The summed E-state index contributed by atoms with van der Waals surface area (Å²) in [5.74, 6) is -1.98. The quantitative estimate of drug-likeness (QED) is 0.230. The first-order valence-corrected chi connectivity index (χ1v) is 12.1. The van der Waals surface area contributed by atoms with Crippen molar-refractivity contribution in [1.82, 2.24) is 20.9 Å². The number of nitrogens with zero attached hydrogens (tertiary/aromatic N) is 1. The maximum absolute atomic E-state index is 13.0. The van der Waals surface area contributed by atoms with Crippen molar-refractivity contribution in [3.8, 4) is 0 Å². The predicted octanol–water partition coefficient (Wildman–Crippen LogP) is 2.62. The van der Waals surface area contributed by atoms with Crippen LogP contribution in [-0.4, -0.2) is 89.2 Å². The Labute approximate surface area is 218 Å². The van der Waals surface area contributed by atoms with E-state index >= 15 is 0 Å². The number of carbonyl (C=O) groups excluding carboxylic acids is 4. The van der Waals surface area contributed by atoms with Gasteiger partial charge in [-0.3, -0.25) is 4.79 Å². The van der Waals surface area contributed by atoms with E-state index in [0.717, 1.165) is 0 Å². The molecule has 13 heteroatoms. The van der Waals surface area contributed by atoms with Gasteiger partial charge in [0.15, 0.2) is 0 Å². The molecule has 1 atom stereocenters. The second kappa shape index (κ2) is 14.5. The first kappa shape index (κ1) is 33.8. The Morgan fingerprint density at radius 2 is 1.14 bits per heavy atom. The highest BCUT2D eigenvalue weighted by atomic mass is 16.6. The number of hydrogen-bond acceptors (Lipinski definition) is 8. The number of nitrogens with one attached hydrogen (secondary N) is 3. The van der Waals surface area contributed by atoms with Crippen LogP contribution in [0.3, 0.4) is 0 Å². The molecule has 0 radical (unpaired) electrons. The van der Waals surface area contributed by atoms with Crippen molar-refractivity contribution in [1.29, 1.82) is 0 Å². The Morgan fingerprint density at radius 3 is 1.57 bits per heavy atom. The molecule has 0 spiro atoms. The van der Waals surface area contributed by atoms with Crippen molar-refractivity contribution in [3.63, 3.8) is 0 Å². The Kier molecular flexibility index (Phi) is 13.2. The SMILES string of the molecule is CC(C)(C)OC(=O)NCCCN(CCNC(=O)OC(C)(C)C)C(=O)C[C@H](NC(=O)OC(C)(C)C)C(=O)O. The van der Waals surface area contributed by atoms with Gasteiger partial charge < -0.3 is 40.2 Å². The zero-order valence-corrected chi connectivity index (χ0v) is 23.5. The molecule has 0 aliphatic carbocycles. The molecule has 0 unspecified atom stereocenters. The van der Waals surface area contributed by atoms with Crippen molar-refractivity contribution in [3.05, 3.63) is 0 Å². The molecule has 0 bridgehead atoms. The van der Waals surface area contributed by atoms with Crippen LogP contribution in [0.4, 0.5) is 14.4 Å². The largest absolute Gasteiger partial charge is 0.480 e. The number of aliphatic carboxylic acids is 1. The molecule has 0 heterocycles. The molecule has 0 aliphatic heterocycles. The van der Waals surface area contributed by atoms with E-state index < -0.39 is 59.4 Å². The van der Waals surface area contributed by atoms with Crippen LogP contribution >= 0.6 is 0 Å². The fourth-order valence-corrected chi connectivity index (χ4v) is 2.70. The molecule has 0 aromatic rings. The molecule has 13 nitrogen and oxygen atoms in total. The minimum atomic E-state index is -1.52. The van der Waals surface area contributed by atoms with Crippen LogP contribution in [0.25, 0.3) is 0 Å². The zero-order valence-electron chi connectivity index (χ0n) is 23.5. The lowest BCUT2D eigenvalue weighted by atomic mass is 10.1. The molecule has 214 valence electrons. The molecule has 0 saturated heterocycles. The lowest BCUT2D eigenvalue weighted by molar-refractivity contribution is -0.143. The van der Waals surface area contributed by atoms with E-state index in [4.69, 9.17) is 14.2 Å². The van der Waals surface area contributed by atoms with Crippen LogP contribution in [0.15, 0.2) is 0 Å². The highest BCUT2D eigenvalue weighted by Gasteiger charge is 2.28. The molecule has 0 aliphatic rings. The van der Waals surface area contributed by atoms with Gasteiger partial charge in [0.1, 0.15) is 22.8 Å². The second-order valence-electron chi connectivity index (χ2n) is 11.3. The standard InChI is InChI=1S/C24H44N4O9/c1-22(2,3)35-19(32)25-11-10-13-28(14-12-26-20(33)36-23(4,5)6)17(29)15-16(18(30)31)27-21(34)37-24(7,8)9/h16H,10-15H2,1-9H3,(H,25,32)(H,26,33)(H,27,34)(H,30,31)/t16-/m0/s1. The number of amides is 4. The lowest BCUT2D eigenvalue weighted by Crippen LogP contribution is -2.48. The van der Waals surface area contributed by atoms with E-state index in [1.54, 1.807) is 62.3 Å². The summed E-state index contributed by atoms with van der Waals surface area (Å²) >= 11 is 0. The smallest absolute Gasteiger partial charge is 0.408 e. The summed E-state index contributed by atoms with van der Waals surface area (Å²) in [7, 11) is 0. The van der Waals surface area contributed by atoms with Crippen LogP contribution in [-0.2, 0) is 23.8 Å². The van der Waals surface area contributed by atoms with E-state index in [1.807, 2.05) is 0 Å². The van der Waals surface area contributed by atoms with Gasteiger partial charge in [-0.2, -0.15) is 0 Å². The van der Waals surface area contributed by atoms with Crippen LogP contribution < -0.4 is 16.0 Å². The fourth-order valence-electron chi connectivity index (χ4n) is 2.70. The molecule has 0 aromatic carbocycles. The summed E-state index contributed by atoms with van der Waals surface area (Å²) in [6, 6.07) is -1.52. The van der Waals surface area contributed by atoms with Crippen molar-refractivity contribution in [2.45, 2.75) is 98.0 Å². The van der Waals surface area contributed by atoms with Crippen molar-refractivity contribution < 1.29 is 43.3 Å². The van der Waals surface area contributed by atoms with Crippen molar-refractivity contribution in [2.24, 2.45) is 0 Å². The number of alkyl carbamates (subject to hydrolysis) is 3. The highest BCUT2D eigenvalue weighted by Crippen LogP contribution is 2.09. The lowest BCUT2D eigenvalue weighted by Gasteiger charge is -2.26. The van der Waals surface area contributed by atoms with E-state index in [1.165, 1.54) is 4.90 Å². The summed E-state index contributed by atoms with van der Waals surface area (Å²) in [5, 5.41) is 16.8. The highest BCUT2D eigenvalue weighted by molar-refractivity contribution is 5.87. The molecule has 0 saturated carbocycles. The van der Waals surface area contributed by atoms with Gasteiger partial charge in [0.05, 0.1) is 6.42 Å². The molecule has 0 rings (SSSR count). The maximum atomic E-state index is 13.0. The van der Waals surface area contributed by atoms with E-state index in [2.05, 4.69) is 16.0 Å². The number of carbonyl (C=O) groups is 5. The monoisotopic (exact) mass is 532 g/mol. The Balaban J connectivity index is 5.17. The van der Waals surface area contributed by atoms with Gasteiger partial charge in [-0.1, -0.05) is 0 Å². The molecular formula is C24H44N4O9. The van der Waals surface area contributed by atoms with Gasteiger partial charge in [-0.25, -0.2) is 19.2 Å². The zero-order chi connectivity index (χ0) is 29.0. The third-order valence-electron chi connectivity index (χ3n) is 4.04. The number of carboxylic acid groups (broad SMARTS) is 1. The van der Waals surface area contributed by atoms with E-state index in [9.17, 15) is 29.1 Å². The minimum Gasteiger partial charge on any atom is -0.480 e. The van der Waals surface area contributed by atoms with Crippen LogP contribution in [0.5, 0.6) is 0 Å². The Bertz CT molecular complexity index is 796. The summed E-state index contributed by atoms with van der Waals surface area (Å²) in [4.78, 5) is 61.7. The number of hydrogen-bond donors (Lipinski definition) is 4. The first-order chi connectivity index (χ1) is 16.7. The van der Waals surface area contributed by atoms with Gasteiger partial charge in [0.25, 0.3) is 0 Å². The van der Waals surface area contributed by atoms with Crippen LogP contribution in [0, 0.1) is 0 Å². The molecule has 37 heavy (non-hydrogen) atoms. The molecular weight excluding hydrogens is 488 g/mol. The van der Waals surface area contributed by atoms with Crippen molar-refractivity contribution in [2.75, 3.05) is 26.2 Å². The summed E-state index contributed by atoms with van der Waals surface area (Å²) in [6.45, 7) is 15.6. The molecule has 4 N–H and O–H groups in total. The summed E-state index contributed by atoms with van der Waals surface area (Å²) in [5.41, 5.74) is -2.21. The normalized spacial score (nSPS) is 12.6. The summed E-state index contributed by atoms with van der Waals surface area (Å²) in [6.07, 6.45) is -2.45. The third kappa shape index (κ3) is 18.6. The minimum absolute atomic E-state index is 0.0391.